The van der Waals surface area contributed by atoms with Crippen molar-refractivity contribution in [2.45, 2.75) is 6.42 Å². The van der Waals surface area contributed by atoms with Gasteiger partial charge in [0.25, 0.3) is 5.91 Å². The van der Waals surface area contributed by atoms with E-state index in [1.807, 2.05) is 24.3 Å². The number of amides is 1. The predicted octanol–water partition coefficient (Wildman–Crippen LogP) is 3.67. The average molecular weight is 329 g/mol. The zero-order valence-corrected chi connectivity index (χ0v) is 11.8. The molecule has 0 aliphatic rings. The van der Waals surface area contributed by atoms with Gasteiger partial charge < -0.3 is 9.73 Å². The molecule has 1 amide bonds. The highest BCUT2D eigenvalue weighted by Gasteiger charge is 2.09. The van der Waals surface area contributed by atoms with Gasteiger partial charge in [-0.2, -0.15) is 0 Å². The average Bonchev–Trinajstić information content (AvgIpc) is 2.76. The Hall–Kier alpha value is -1.26. The van der Waals surface area contributed by atoms with E-state index in [1.165, 1.54) is 0 Å². The molecule has 1 N–H and O–H groups in total. The first-order valence-electron chi connectivity index (χ1n) is 5.43. The van der Waals surface area contributed by atoms with Crippen molar-refractivity contribution in [1.29, 1.82) is 0 Å². The molecule has 0 saturated carbocycles. The molecule has 0 radical (unpaired) electrons. The molecule has 2 aromatic rings. The van der Waals surface area contributed by atoms with E-state index in [4.69, 9.17) is 16.0 Å². The fourth-order valence-corrected chi connectivity index (χ4v) is 2.06. The predicted molar refractivity (Wildman–Crippen MR) is 73.9 cm³/mol. The molecule has 18 heavy (non-hydrogen) atoms. The number of rotatable bonds is 4. The quantitative estimate of drug-likeness (QED) is 0.930. The van der Waals surface area contributed by atoms with E-state index in [9.17, 15) is 4.79 Å². The molecule has 0 atom stereocenters. The first-order valence-corrected chi connectivity index (χ1v) is 6.60. The van der Waals surface area contributed by atoms with Gasteiger partial charge in [-0.05, 0) is 52.2 Å². The number of carbonyl (C=O) groups excluding carboxylic acids is 1. The summed E-state index contributed by atoms with van der Waals surface area (Å²) in [5.41, 5.74) is 1.09. The van der Waals surface area contributed by atoms with Crippen LogP contribution in [0, 0.1) is 0 Å². The Bertz CT molecular complexity index is 553. The Kier molecular flexibility index (Phi) is 4.44. The molecule has 0 aliphatic heterocycles. The van der Waals surface area contributed by atoms with E-state index in [-0.39, 0.29) is 5.91 Å². The van der Waals surface area contributed by atoms with Crippen LogP contribution in [0.5, 0.6) is 0 Å². The van der Waals surface area contributed by atoms with E-state index < -0.39 is 0 Å². The third-order valence-electron chi connectivity index (χ3n) is 2.39. The molecule has 3 nitrogen and oxygen atoms in total. The molecule has 2 rings (SSSR count). The molecule has 0 fully saturated rings. The fraction of sp³-hybridized carbons (Fsp3) is 0.154. The Morgan fingerprint density at radius 2 is 2.17 bits per heavy atom. The van der Waals surface area contributed by atoms with Gasteiger partial charge >= 0.3 is 0 Å². The first kappa shape index (κ1) is 13.2. The standard InChI is InChI=1S/C13H11BrClNO2/c14-12-5-4-11(18-12)13(17)16-7-6-9-2-1-3-10(15)8-9/h1-5,8H,6-7H2,(H,16,17). The van der Waals surface area contributed by atoms with Gasteiger partial charge in [0.05, 0.1) is 0 Å². The molecule has 1 aromatic carbocycles. The highest BCUT2D eigenvalue weighted by Crippen LogP contribution is 2.14. The Morgan fingerprint density at radius 3 is 2.83 bits per heavy atom. The summed E-state index contributed by atoms with van der Waals surface area (Å²) in [4.78, 5) is 11.7. The lowest BCUT2D eigenvalue weighted by atomic mass is 10.1. The van der Waals surface area contributed by atoms with Crippen molar-refractivity contribution in [3.8, 4) is 0 Å². The van der Waals surface area contributed by atoms with E-state index in [0.717, 1.165) is 12.0 Å². The van der Waals surface area contributed by atoms with Gasteiger partial charge in [-0.1, -0.05) is 23.7 Å². The highest BCUT2D eigenvalue weighted by molar-refractivity contribution is 9.10. The lowest BCUT2D eigenvalue weighted by molar-refractivity contribution is 0.0925. The smallest absolute Gasteiger partial charge is 0.287 e. The summed E-state index contributed by atoms with van der Waals surface area (Å²) in [6, 6.07) is 10.9. The van der Waals surface area contributed by atoms with Gasteiger partial charge in [0, 0.05) is 11.6 Å². The molecule has 0 saturated heterocycles. The van der Waals surface area contributed by atoms with E-state index in [0.29, 0.717) is 22.0 Å². The molecule has 0 unspecified atom stereocenters. The van der Waals surface area contributed by atoms with Crippen LogP contribution in [-0.2, 0) is 6.42 Å². The third-order valence-corrected chi connectivity index (χ3v) is 3.05. The van der Waals surface area contributed by atoms with Gasteiger partial charge in [-0.3, -0.25) is 4.79 Å². The first-order chi connectivity index (χ1) is 8.65. The summed E-state index contributed by atoms with van der Waals surface area (Å²) >= 11 is 9.03. The molecular formula is C13H11BrClNO2. The van der Waals surface area contributed by atoms with E-state index in [2.05, 4.69) is 21.2 Å². The van der Waals surface area contributed by atoms with Crippen molar-refractivity contribution < 1.29 is 9.21 Å². The number of halogens is 2. The molecule has 0 spiro atoms. The lowest BCUT2D eigenvalue weighted by Gasteiger charge is -2.03. The molecule has 0 aliphatic carbocycles. The minimum Gasteiger partial charge on any atom is -0.444 e. The number of furan rings is 1. The van der Waals surface area contributed by atoms with Crippen LogP contribution < -0.4 is 5.32 Å². The molecule has 0 bridgehead atoms. The molecule has 5 heteroatoms. The second kappa shape index (κ2) is 6.07. The summed E-state index contributed by atoms with van der Waals surface area (Å²) in [6.45, 7) is 0.539. The van der Waals surface area contributed by atoms with Crippen molar-refractivity contribution in [3.05, 3.63) is 57.4 Å². The van der Waals surface area contributed by atoms with Crippen LogP contribution in [0.4, 0.5) is 0 Å². The summed E-state index contributed by atoms with van der Waals surface area (Å²) in [7, 11) is 0. The van der Waals surface area contributed by atoms with Gasteiger partial charge in [0.2, 0.25) is 0 Å². The maximum Gasteiger partial charge on any atom is 0.287 e. The number of hydrogen-bond donors (Lipinski definition) is 1. The lowest BCUT2D eigenvalue weighted by Crippen LogP contribution is -2.25. The number of carbonyl (C=O) groups is 1. The van der Waals surface area contributed by atoms with E-state index >= 15 is 0 Å². The van der Waals surface area contributed by atoms with Gasteiger partial charge in [-0.25, -0.2) is 0 Å². The molecular weight excluding hydrogens is 318 g/mol. The molecule has 94 valence electrons. The van der Waals surface area contributed by atoms with Crippen molar-refractivity contribution in [2.24, 2.45) is 0 Å². The third kappa shape index (κ3) is 3.62. The summed E-state index contributed by atoms with van der Waals surface area (Å²) in [6.07, 6.45) is 0.730. The van der Waals surface area contributed by atoms with Crippen molar-refractivity contribution in [2.75, 3.05) is 6.54 Å². The molecule has 1 aromatic heterocycles. The van der Waals surface area contributed by atoms with Gasteiger partial charge in [0.15, 0.2) is 10.4 Å². The monoisotopic (exact) mass is 327 g/mol. The Labute approximate surface area is 118 Å². The Balaban J connectivity index is 1.84. The zero-order chi connectivity index (χ0) is 13.0. The van der Waals surface area contributed by atoms with Crippen LogP contribution in [0.2, 0.25) is 5.02 Å². The normalized spacial score (nSPS) is 10.3. The second-order valence-corrected chi connectivity index (χ2v) is 4.96. The Morgan fingerprint density at radius 1 is 1.33 bits per heavy atom. The summed E-state index contributed by atoms with van der Waals surface area (Å²) in [5.74, 6) is 0.0793. The van der Waals surface area contributed by atoms with Crippen molar-refractivity contribution in [3.63, 3.8) is 0 Å². The van der Waals surface area contributed by atoms with Crippen LogP contribution >= 0.6 is 27.5 Å². The largest absolute Gasteiger partial charge is 0.444 e. The van der Waals surface area contributed by atoms with Crippen LogP contribution in [0.3, 0.4) is 0 Å². The van der Waals surface area contributed by atoms with Crippen LogP contribution in [0.15, 0.2) is 45.5 Å². The SMILES string of the molecule is O=C(NCCc1cccc(Cl)c1)c1ccc(Br)o1. The summed E-state index contributed by atoms with van der Waals surface area (Å²) < 4.78 is 5.69. The fourth-order valence-electron chi connectivity index (χ4n) is 1.54. The van der Waals surface area contributed by atoms with E-state index in [1.54, 1.807) is 12.1 Å². The molecule has 1 heterocycles. The van der Waals surface area contributed by atoms with Crippen LogP contribution in [0.25, 0.3) is 0 Å². The number of nitrogens with one attached hydrogen (secondary N) is 1. The van der Waals surface area contributed by atoms with Crippen LogP contribution in [-0.4, -0.2) is 12.5 Å². The maximum absolute atomic E-state index is 11.7. The topological polar surface area (TPSA) is 42.2 Å². The van der Waals surface area contributed by atoms with Crippen LogP contribution in [0.1, 0.15) is 16.1 Å². The van der Waals surface area contributed by atoms with Gasteiger partial charge in [0.1, 0.15) is 0 Å². The highest BCUT2D eigenvalue weighted by atomic mass is 79.9. The maximum atomic E-state index is 11.7. The minimum absolute atomic E-state index is 0.220. The number of hydrogen-bond acceptors (Lipinski definition) is 2. The minimum atomic E-state index is -0.220. The van der Waals surface area contributed by atoms with Crippen molar-refractivity contribution >= 4 is 33.4 Å². The van der Waals surface area contributed by atoms with Crippen molar-refractivity contribution in [1.82, 2.24) is 5.32 Å². The second-order valence-electron chi connectivity index (χ2n) is 3.74. The zero-order valence-electron chi connectivity index (χ0n) is 9.45. The van der Waals surface area contributed by atoms with Gasteiger partial charge in [-0.15, -0.1) is 0 Å². The summed E-state index contributed by atoms with van der Waals surface area (Å²) in [5, 5.41) is 3.49. The number of benzene rings is 1.